The summed E-state index contributed by atoms with van der Waals surface area (Å²) < 4.78 is 35.7. The van der Waals surface area contributed by atoms with Crippen LogP contribution in [0.15, 0.2) is 47.1 Å². The number of rotatable bonds is 3. The molecule has 0 N–H and O–H groups in total. The SMILES string of the molecule is O=S(=O)(N1CCc2ccccc2C1)N1CCCCC[C@@H]1c1ccco1. The van der Waals surface area contributed by atoms with Gasteiger partial charge in [-0.05, 0) is 42.5 Å². The third-order valence-electron chi connectivity index (χ3n) is 5.29. The Balaban J connectivity index is 1.64. The molecule has 2 aromatic rings. The molecule has 25 heavy (non-hydrogen) atoms. The first kappa shape index (κ1) is 16.8. The zero-order valence-electron chi connectivity index (χ0n) is 14.3. The molecule has 0 radical (unpaired) electrons. The summed E-state index contributed by atoms with van der Waals surface area (Å²) in [7, 11) is -3.52. The molecule has 1 fully saturated rings. The quantitative estimate of drug-likeness (QED) is 0.842. The van der Waals surface area contributed by atoms with Gasteiger partial charge in [0, 0.05) is 19.6 Å². The lowest BCUT2D eigenvalue weighted by molar-refractivity contribution is 0.254. The Labute approximate surface area is 149 Å². The van der Waals surface area contributed by atoms with Gasteiger partial charge < -0.3 is 4.42 Å². The molecule has 6 heteroatoms. The maximum atomic E-state index is 13.4. The van der Waals surface area contributed by atoms with Crippen molar-refractivity contribution in [2.75, 3.05) is 13.1 Å². The number of benzene rings is 1. The van der Waals surface area contributed by atoms with Crippen molar-refractivity contribution in [3.05, 3.63) is 59.5 Å². The Bertz CT molecular complexity index is 817. The highest BCUT2D eigenvalue weighted by atomic mass is 32.2. The predicted molar refractivity (Wildman–Crippen MR) is 96.1 cm³/mol. The van der Waals surface area contributed by atoms with Crippen molar-refractivity contribution in [2.24, 2.45) is 0 Å². The van der Waals surface area contributed by atoms with E-state index in [9.17, 15) is 8.42 Å². The fourth-order valence-corrected chi connectivity index (χ4v) is 5.75. The zero-order valence-corrected chi connectivity index (χ0v) is 15.1. The molecular formula is C19H24N2O3S. The van der Waals surface area contributed by atoms with Crippen LogP contribution in [0.2, 0.25) is 0 Å². The molecule has 5 nitrogen and oxygen atoms in total. The van der Waals surface area contributed by atoms with E-state index in [1.807, 2.05) is 30.3 Å². The molecule has 0 aliphatic carbocycles. The summed E-state index contributed by atoms with van der Waals surface area (Å²) >= 11 is 0. The number of nitrogens with zero attached hydrogens (tertiary/aromatic N) is 2. The number of furan rings is 1. The lowest BCUT2D eigenvalue weighted by Gasteiger charge is -2.35. The van der Waals surface area contributed by atoms with Crippen molar-refractivity contribution in [3.8, 4) is 0 Å². The minimum Gasteiger partial charge on any atom is -0.468 e. The molecule has 134 valence electrons. The molecule has 0 unspecified atom stereocenters. The Morgan fingerprint density at radius 1 is 0.960 bits per heavy atom. The van der Waals surface area contributed by atoms with Crippen LogP contribution in [0.25, 0.3) is 0 Å². The summed E-state index contributed by atoms with van der Waals surface area (Å²) in [4.78, 5) is 0. The van der Waals surface area contributed by atoms with Gasteiger partial charge in [0.05, 0.1) is 12.3 Å². The smallest absolute Gasteiger partial charge is 0.282 e. The highest BCUT2D eigenvalue weighted by Gasteiger charge is 2.38. The monoisotopic (exact) mass is 360 g/mol. The van der Waals surface area contributed by atoms with Gasteiger partial charge in [0.2, 0.25) is 0 Å². The van der Waals surface area contributed by atoms with Crippen LogP contribution in [0.1, 0.15) is 48.6 Å². The molecule has 1 atom stereocenters. The molecule has 0 amide bonds. The second kappa shape index (κ2) is 6.94. The lowest BCUT2D eigenvalue weighted by Crippen LogP contribution is -2.47. The van der Waals surface area contributed by atoms with Gasteiger partial charge in [0.15, 0.2) is 0 Å². The Morgan fingerprint density at radius 3 is 2.60 bits per heavy atom. The van der Waals surface area contributed by atoms with Gasteiger partial charge in [-0.2, -0.15) is 17.0 Å². The Hall–Kier alpha value is -1.63. The molecule has 2 aliphatic heterocycles. The van der Waals surface area contributed by atoms with Gasteiger partial charge >= 0.3 is 0 Å². The highest BCUT2D eigenvalue weighted by molar-refractivity contribution is 7.86. The second-order valence-electron chi connectivity index (χ2n) is 6.85. The number of hydrogen-bond donors (Lipinski definition) is 0. The first-order valence-corrected chi connectivity index (χ1v) is 10.4. The molecule has 2 aliphatic rings. The summed E-state index contributed by atoms with van der Waals surface area (Å²) in [6.07, 6.45) is 6.21. The summed E-state index contributed by atoms with van der Waals surface area (Å²) in [6.45, 7) is 1.56. The van der Waals surface area contributed by atoms with Crippen molar-refractivity contribution >= 4 is 10.2 Å². The lowest BCUT2D eigenvalue weighted by atomic mass is 10.0. The van der Waals surface area contributed by atoms with E-state index in [1.165, 1.54) is 5.56 Å². The van der Waals surface area contributed by atoms with Crippen LogP contribution in [0.4, 0.5) is 0 Å². The van der Waals surface area contributed by atoms with E-state index >= 15 is 0 Å². The summed E-state index contributed by atoms with van der Waals surface area (Å²) in [6, 6.07) is 11.7. The maximum Gasteiger partial charge on any atom is 0.282 e. The molecule has 1 saturated heterocycles. The molecule has 4 rings (SSSR count). The second-order valence-corrected chi connectivity index (χ2v) is 8.73. The van der Waals surface area contributed by atoms with Crippen LogP contribution in [0, 0.1) is 0 Å². The summed E-state index contributed by atoms with van der Waals surface area (Å²) in [5, 5.41) is 0. The van der Waals surface area contributed by atoms with Crippen molar-refractivity contribution in [3.63, 3.8) is 0 Å². The molecule has 1 aromatic heterocycles. The minimum absolute atomic E-state index is 0.195. The molecule has 0 saturated carbocycles. The summed E-state index contributed by atoms with van der Waals surface area (Å²) in [5.41, 5.74) is 2.37. The van der Waals surface area contributed by atoms with E-state index in [0.717, 1.165) is 43.4 Å². The molecule has 0 bridgehead atoms. The third kappa shape index (κ3) is 3.26. The van der Waals surface area contributed by atoms with Crippen molar-refractivity contribution in [1.82, 2.24) is 8.61 Å². The fourth-order valence-electron chi connectivity index (χ4n) is 3.94. The predicted octanol–water partition coefficient (Wildman–Crippen LogP) is 3.50. The average Bonchev–Trinajstić information content (AvgIpc) is 3.05. The summed E-state index contributed by atoms with van der Waals surface area (Å²) in [5.74, 6) is 0.753. The average molecular weight is 360 g/mol. The van der Waals surface area contributed by atoms with E-state index < -0.39 is 10.2 Å². The van der Waals surface area contributed by atoms with Crippen molar-refractivity contribution in [1.29, 1.82) is 0 Å². The maximum absolute atomic E-state index is 13.4. The largest absolute Gasteiger partial charge is 0.468 e. The molecule has 1 aromatic carbocycles. The van der Waals surface area contributed by atoms with Crippen LogP contribution in [-0.2, 0) is 23.2 Å². The van der Waals surface area contributed by atoms with Gasteiger partial charge in [-0.1, -0.05) is 37.1 Å². The number of hydrogen-bond acceptors (Lipinski definition) is 3. The fraction of sp³-hybridized carbons (Fsp3) is 0.474. The van der Waals surface area contributed by atoms with E-state index in [2.05, 4.69) is 6.07 Å². The van der Waals surface area contributed by atoms with Gasteiger partial charge in [-0.25, -0.2) is 0 Å². The first-order chi connectivity index (χ1) is 12.2. The third-order valence-corrected chi connectivity index (χ3v) is 7.29. The van der Waals surface area contributed by atoms with Gasteiger partial charge in [-0.3, -0.25) is 0 Å². The van der Waals surface area contributed by atoms with Crippen LogP contribution in [0.3, 0.4) is 0 Å². The van der Waals surface area contributed by atoms with Gasteiger partial charge in [-0.15, -0.1) is 0 Å². The first-order valence-electron chi connectivity index (χ1n) is 9.03. The van der Waals surface area contributed by atoms with Crippen molar-refractivity contribution < 1.29 is 12.8 Å². The van der Waals surface area contributed by atoms with Gasteiger partial charge in [0.25, 0.3) is 10.2 Å². The van der Waals surface area contributed by atoms with Crippen LogP contribution in [-0.4, -0.2) is 30.1 Å². The highest BCUT2D eigenvalue weighted by Crippen LogP contribution is 2.34. The van der Waals surface area contributed by atoms with Gasteiger partial charge in [0.1, 0.15) is 5.76 Å². The van der Waals surface area contributed by atoms with Crippen LogP contribution < -0.4 is 0 Å². The Morgan fingerprint density at radius 2 is 1.80 bits per heavy atom. The molecule has 0 spiro atoms. The van der Waals surface area contributed by atoms with Crippen LogP contribution in [0.5, 0.6) is 0 Å². The van der Waals surface area contributed by atoms with E-state index in [4.69, 9.17) is 4.42 Å². The van der Waals surface area contributed by atoms with E-state index in [-0.39, 0.29) is 6.04 Å². The Kier molecular flexibility index (Phi) is 4.67. The standard InChI is InChI=1S/C19H24N2O3S/c22-25(23,20-13-11-16-7-3-4-8-17(16)15-20)21-12-5-1-2-9-18(21)19-10-6-14-24-19/h3-4,6-8,10,14,18H,1-2,5,9,11-13,15H2/t18-/m1/s1. The van der Waals surface area contributed by atoms with E-state index in [0.29, 0.717) is 19.6 Å². The number of fused-ring (bicyclic) bond motifs is 1. The molecular weight excluding hydrogens is 336 g/mol. The minimum atomic E-state index is -3.52. The topological polar surface area (TPSA) is 53.8 Å². The van der Waals surface area contributed by atoms with Crippen molar-refractivity contribution in [2.45, 2.75) is 44.7 Å². The van der Waals surface area contributed by atoms with Crippen LogP contribution >= 0.6 is 0 Å². The molecule has 3 heterocycles. The zero-order chi connectivity index (χ0) is 17.3. The van der Waals surface area contributed by atoms with E-state index in [1.54, 1.807) is 14.9 Å². The normalized spacial score (nSPS) is 23.1.